The van der Waals surface area contributed by atoms with Gasteiger partial charge in [-0.2, -0.15) is 0 Å². The molecule has 1 unspecified atom stereocenters. The largest absolute Gasteiger partial charge is 0.355 e. The summed E-state index contributed by atoms with van der Waals surface area (Å²) < 4.78 is 0. The van der Waals surface area contributed by atoms with Crippen LogP contribution in [0.25, 0.3) is 0 Å². The van der Waals surface area contributed by atoms with Crippen LogP contribution in [0.3, 0.4) is 0 Å². The molecule has 0 aliphatic heterocycles. The Morgan fingerprint density at radius 3 is 1.75 bits per heavy atom. The Bertz CT molecular complexity index is 711. The van der Waals surface area contributed by atoms with Gasteiger partial charge in [0.05, 0.1) is 5.92 Å². The number of hydrogen-bond donors (Lipinski definition) is 1. The zero-order chi connectivity index (χ0) is 20.1. The second-order valence-corrected chi connectivity index (χ2v) is 8.26. The summed E-state index contributed by atoms with van der Waals surface area (Å²) in [5.41, 5.74) is 5.29. The molecular weight excluding hydrogens is 344 g/mol. The lowest BCUT2D eigenvalue weighted by Gasteiger charge is -2.44. The zero-order valence-electron chi connectivity index (χ0n) is 17.7. The molecule has 2 aromatic rings. The first-order chi connectivity index (χ1) is 13.5. The maximum absolute atomic E-state index is 13.1. The number of rotatable bonds is 8. The van der Waals surface area contributed by atoms with Crippen LogP contribution in [-0.2, 0) is 17.6 Å². The Kier molecular flexibility index (Phi) is 6.90. The van der Waals surface area contributed by atoms with Gasteiger partial charge >= 0.3 is 0 Å². The fourth-order valence-corrected chi connectivity index (χ4v) is 4.23. The lowest BCUT2D eigenvalue weighted by atomic mass is 9.59. The number of nitrogens with zero attached hydrogens (tertiary/aromatic N) is 1. The van der Waals surface area contributed by atoms with Crippen LogP contribution >= 0.6 is 0 Å². The topological polar surface area (TPSA) is 32.3 Å². The van der Waals surface area contributed by atoms with Gasteiger partial charge in [0.1, 0.15) is 0 Å². The van der Waals surface area contributed by atoms with Crippen molar-refractivity contribution in [3.63, 3.8) is 0 Å². The Morgan fingerprint density at radius 2 is 1.36 bits per heavy atom. The number of carbonyl (C=O) groups is 1. The Labute approximate surface area is 170 Å². The van der Waals surface area contributed by atoms with Crippen molar-refractivity contribution in [2.75, 3.05) is 27.2 Å². The summed E-state index contributed by atoms with van der Waals surface area (Å²) in [5.74, 6) is 0.826. The molecule has 1 amide bonds. The number of hydrogen-bond acceptors (Lipinski definition) is 2. The van der Waals surface area contributed by atoms with E-state index >= 15 is 0 Å². The van der Waals surface area contributed by atoms with Gasteiger partial charge in [0.25, 0.3) is 0 Å². The van der Waals surface area contributed by atoms with E-state index in [2.05, 4.69) is 72.6 Å². The lowest BCUT2D eigenvalue weighted by molar-refractivity contribution is -0.129. The Balaban J connectivity index is 1.78. The van der Waals surface area contributed by atoms with Crippen LogP contribution < -0.4 is 5.32 Å². The van der Waals surface area contributed by atoms with Crippen LogP contribution in [0, 0.1) is 5.92 Å². The first kappa shape index (κ1) is 20.6. The van der Waals surface area contributed by atoms with E-state index in [1.165, 1.54) is 22.3 Å². The van der Waals surface area contributed by atoms with E-state index in [0.717, 1.165) is 25.8 Å². The van der Waals surface area contributed by atoms with E-state index in [-0.39, 0.29) is 11.8 Å². The minimum absolute atomic E-state index is 0.0158. The van der Waals surface area contributed by atoms with Gasteiger partial charge in [0.15, 0.2) is 0 Å². The molecule has 3 atom stereocenters. The SMILES string of the molecule is CCc1ccc([C@H]2C[C@@H](c3ccc(CC)cc3)C2C(=O)NCCN(C)C)cc1. The first-order valence-electron chi connectivity index (χ1n) is 10.6. The number of amides is 1. The van der Waals surface area contributed by atoms with E-state index in [1.807, 2.05) is 14.1 Å². The van der Waals surface area contributed by atoms with Crippen molar-refractivity contribution in [2.45, 2.75) is 44.9 Å². The van der Waals surface area contributed by atoms with E-state index in [9.17, 15) is 4.79 Å². The first-order valence-corrected chi connectivity index (χ1v) is 10.6. The van der Waals surface area contributed by atoms with Crippen LogP contribution in [0.15, 0.2) is 48.5 Å². The summed E-state index contributed by atoms with van der Waals surface area (Å²) in [5, 5.41) is 3.18. The molecule has 3 rings (SSSR count). The van der Waals surface area contributed by atoms with Crippen LogP contribution in [0.2, 0.25) is 0 Å². The molecule has 0 heterocycles. The molecule has 3 heteroatoms. The summed E-state index contributed by atoms with van der Waals surface area (Å²) in [6.07, 6.45) is 3.14. The number of carbonyl (C=O) groups excluding carboxylic acids is 1. The number of aryl methyl sites for hydroxylation is 2. The normalized spacial score (nSPS) is 21.4. The lowest BCUT2D eigenvalue weighted by Crippen LogP contribution is -2.46. The van der Waals surface area contributed by atoms with E-state index < -0.39 is 0 Å². The highest BCUT2D eigenvalue weighted by Crippen LogP contribution is 2.52. The van der Waals surface area contributed by atoms with Crippen LogP contribution in [0.1, 0.15) is 54.4 Å². The van der Waals surface area contributed by atoms with Crippen molar-refractivity contribution in [2.24, 2.45) is 5.92 Å². The molecular formula is C25H34N2O. The quantitative estimate of drug-likeness (QED) is 0.739. The molecule has 0 saturated heterocycles. The highest BCUT2D eigenvalue weighted by Gasteiger charge is 2.46. The molecule has 0 bridgehead atoms. The summed E-state index contributed by atoms with van der Waals surface area (Å²) in [6.45, 7) is 5.92. The van der Waals surface area contributed by atoms with Crippen molar-refractivity contribution >= 4 is 5.91 Å². The van der Waals surface area contributed by atoms with Crippen molar-refractivity contribution in [1.29, 1.82) is 0 Å². The Morgan fingerprint density at radius 1 is 0.893 bits per heavy atom. The molecule has 1 fully saturated rings. The summed E-state index contributed by atoms with van der Waals surface area (Å²) >= 11 is 0. The minimum Gasteiger partial charge on any atom is -0.355 e. The highest BCUT2D eigenvalue weighted by atomic mass is 16.1. The van der Waals surface area contributed by atoms with Crippen molar-refractivity contribution in [3.8, 4) is 0 Å². The molecule has 1 aliphatic rings. The second kappa shape index (κ2) is 9.38. The van der Waals surface area contributed by atoms with E-state index in [4.69, 9.17) is 0 Å². The molecule has 0 spiro atoms. The standard InChI is InChI=1S/C25H34N2O/c1-5-18-7-11-20(12-8-18)22-17-23(21-13-9-19(6-2)10-14-21)24(22)25(28)26-15-16-27(3)4/h7-14,22-24H,5-6,15-17H2,1-4H3,(H,26,28)/t22-,23+,24?. The zero-order valence-corrected chi connectivity index (χ0v) is 17.7. The third-order valence-electron chi connectivity index (χ3n) is 6.17. The minimum atomic E-state index is 0.0158. The average molecular weight is 379 g/mol. The maximum Gasteiger partial charge on any atom is 0.224 e. The van der Waals surface area contributed by atoms with Crippen molar-refractivity contribution in [1.82, 2.24) is 10.2 Å². The monoisotopic (exact) mass is 378 g/mol. The summed E-state index contributed by atoms with van der Waals surface area (Å²) in [4.78, 5) is 15.2. The predicted molar refractivity (Wildman–Crippen MR) is 117 cm³/mol. The van der Waals surface area contributed by atoms with Gasteiger partial charge in [-0.1, -0.05) is 62.4 Å². The molecule has 2 aromatic carbocycles. The third-order valence-corrected chi connectivity index (χ3v) is 6.17. The van der Waals surface area contributed by atoms with Gasteiger partial charge in [-0.15, -0.1) is 0 Å². The van der Waals surface area contributed by atoms with Crippen LogP contribution in [-0.4, -0.2) is 38.0 Å². The second-order valence-electron chi connectivity index (χ2n) is 8.26. The number of benzene rings is 2. The average Bonchev–Trinajstić information content (AvgIpc) is 2.68. The van der Waals surface area contributed by atoms with Gasteiger partial charge in [-0.25, -0.2) is 0 Å². The maximum atomic E-state index is 13.1. The molecule has 0 aromatic heterocycles. The molecule has 0 radical (unpaired) electrons. The van der Waals surface area contributed by atoms with Gasteiger partial charge in [0.2, 0.25) is 5.91 Å². The molecule has 1 N–H and O–H groups in total. The highest BCUT2D eigenvalue weighted by molar-refractivity contribution is 5.82. The summed E-state index contributed by atoms with van der Waals surface area (Å²) in [6, 6.07) is 17.7. The fourth-order valence-electron chi connectivity index (χ4n) is 4.23. The van der Waals surface area contributed by atoms with E-state index in [1.54, 1.807) is 0 Å². The molecule has 1 aliphatic carbocycles. The third kappa shape index (κ3) is 4.64. The number of likely N-dealkylation sites (N-methyl/N-ethyl adjacent to an activating group) is 1. The predicted octanol–water partition coefficient (Wildman–Crippen LogP) is 4.38. The van der Waals surface area contributed by atoms with Crippen molar-refractivity contribution in [3.05, 3.63) is 70.8 Å². The van der Waals surface area contributed by atoms with E-state index in [0.29, 0.717) is 18.4 Å². The van der Waals surface area contributed by atoms with Crippen LogP contribution in [0.4, 0.5) is 0 Å². The smallest absolute Gasteiger partial charge is 0.224 e. The fraction of sp³-hybridized carbons (Fsp3) is 0.480. The van der Waals surface area contributed by atoms with Gasteiger partial charge < -0.3 is 10.2 Å². The Hall–Kier alpha value is -2.13. The molecule has 28 heavy (non-hydrogen) atoms. The van der Waals surface area contributed by atoms with Crippen molar-refractivity contribution < 1.29 is 4.79 Å². The van der Waals surface area contributed by atoms with Gasteiger partial charge in [-0.05, 0) is 67.4 Å². The number of nitrogens with one attached hydrogen (secondary N) is 1. The molecule has 150 valence electrons. The van der Waals surface area contributed by atoms with Crippen LogP contribution in [0.5, 0.6) is 0 Å². The molecule has 1 saturated carbocycles. The summed E-state index contributed by atoms with van der Waals surface area (Å²) in [7, 11) is 4.07. The van der Waals surface area contributed by atoms with Gasteiger partial charge in [0, 0.05) is 13.1 Å². The van der Waals surface area contributed by atoms with Gasteiger partial charge in [-0.3, -0.25) is 4.79 Å². The molecule has 3 nitrogen and oxygen atoms in total.